The van der Waals surface area contributed by atoms with Gasteiger partial charge in [0.15, 0.2) is 5.78 Å². The van der Waals surface area contributed by atoms with Gasteiger partial charge >= 0.3 is 0 Å². The Morgan fingerprint density at radius 3 is 2.64 bits per heavy atom. The number of carbonyl (C=O) groups is 1. The first kappa shape index (κ1) is 9.97. The lowest BCUT2D eigenvalue weighted by Crippen LogP contribution is -2.46. The molecular formula is C12H15ClO. The van der Waals surface area contributed by atoms with Gasteiger partial charge in [0.1, 0.15) is 0 Å². The molecule has 76 valence electrons. The molecule has 0 heterocycles. The van der Waals surface area contributed by atoms with Gasteiger partial charge in [-0.2, -0.15) is 0 Å². The first-order valence-electron chi connectivity index (χ1n) is 5.28. The molecule has 1 fully saturated rings. The Hall–Kier alpha value is -0.560. The van der Waals surface area contributed by atoms with E-state index in [1.165, 1.54) is 11.1 Å². The summed E-state index contributed by atoms with van der Waals surface area (Å²) in [7, 11) is 0. The van der Waals surface area contributed by atoms with Gasteiger partial charge in [-0.3, -0.25) is 4.79 Å². The van der Waals surface area contributed by atoms with Crippen LogP contribution < -0.4 is 0 Å². The van der Waals surface area contributed by atoms with Gasteiger partial charge in [0.25, 0.3) is 0 Å². The number of rotatable bonds is 2. The molecule has 1 saturated carbocycles. The highest BCUT2D eigenvalue weighted by Crippen LogP contribution is 2.47. The normalized spacial score (nSPS) is 34.4. The quantitative estimate of drug-likeness (QED) is 0.641. The van der Waals surface area contributed by atoms with Crippen LogP contribution in [0.5, 0.6) is 0 Å². The van der Waals surface area contributed by atoms with E-state index in [1.54, 1.807) is 0 Å². The van der Waals surface area contributed by atoms with Crippen molar-refractivity contribution in [2.24, 2.45) is 11.8 Å². The summed E-state index contributed by atoms with van der Waals surface area (Å²) in [5.74, 6) is 0.607. The third kappa shape index (κ3) is 1.18. The predicted molar refractivity (Wildman–Crippen MR) is 58.4 cm³/mol. The van der Waals surface area contributed by atoms with Crippen LogP contribution in [0.15, 0.2) is 23.3 Å². The first-order valence-corrected chi connectivity index (χ1v) is 5.72. The topological polar surface area (TPSA) is 17.1 Å². The number of carbonyl (C=O) groups excluding carboxylic acids is 1. The Bertz CT molecular complexity index is 321. The number of fused-ring (bicyclic) bond motifs is 1. The van der Waals surface area contributed by atoms with E-state index >= 15 is 0 Å². The van der Waals surface area contributed by atoms with E-state index in [0.717, 1.165) is 12.8 Å². The Labute approximate surface area is 89.8 Å². The smallest absolute Gasteiger partial charge is 0.159 e. The fourth-order valence-electron chi connectivity index (χ4n) is 2.49. The van der Waals surface area contributed by atoms with Gasteiger partial charge in [-0.15, -0.1) is 11.6 Å². The molecule has 0 unspecified atom stereocenters. The third-order valence-electron chi connectivity index (χ3n) is 3.40. The van der Waals surface area contributed by atoms with E-state index in [1.807, 2.05) is 0 Å². The molecule has 3 atom stereocenters. The van der Waals surface area contributed by atoms with E-state index in [-0.39, 0.29) is 23.0 Å². The van der Waals surface area contributed by atoms with Crippen molar-refractivity contribution in [1.29, 1.82) is 0 Å². The number of hydrogen-bond acceptors (Lipinski definition) is 1. The Morgan fingerprint density at radius 1 is 1.43 bits per heavy atom. The number of Topliss-reactive ketones (excluding diaryl/α,β-unsaturated/α-hetero) is 1. The van der Waals surface area contributed by atoms with Crippen molar-refractivity contribution in [3.63, 3.8) is 0 Å². The highest BCUT2D eigenvalue weighted by molar-refractivity contribution is 6.35. The van der Waals surface area contributed by atoms with Gasteiger partial charge in [-0.1, -0.05) is 31.6 Å². The molecule has 0 aromatic rings. The maximum atomic E-state index is 11.6. The Kier molecular flexibility index (Phi) is 2.52. The average Bonchev–Trinajstić information content (AvgIpc) is 2.60. The number of halogens is 1. The van der Waals surface area contributed by atoms with E-state index in [9.17, 15) is 4.79 Å². The van der Waals surface area contributed by atoms with Gasteiger partial charge in [0.05, 0.1) is 11.3 Å². The molecule has 0 bridgehead atoms. The second-order valence-corrected chi connectivity index (χ2v) is 4.45. The second-order valence-electron chi connectivity index (χ2n) is 3.98. The van der Waals surface area contributed by atoms with Crippen molar-refractivity contribution in [2.45, 2.75) is 32.1 Å². The average molecular weight is 211 g/mol. The van der Waals surface area contributed by atoms with Gasteiger partial charge < -0.3 is 0 Å². The predicted octanol–water partition coefficient (Wildman–Crippen LogP) is 3.10. The highest BCUT2D eigenvalue weighted by Gasteiger charge is 2.51. The van der Waals surface area contributed by atoms with Crippen LogP contribution in [-0.4, -0.2) is 11.2 Å². The summed E-state index contributed by atoms with van der Waals surface area (Å²) in [4.78, 5) is 11.6. The summed E-state index contributed by atoms with van der Waals surface area (Å²) in [5.41, 5.74) is 2.66. The molecule has 14 heavy (non-hydrogen) atoms. The Morgan fingerprint density at radius 2 is 2.07 bits per heavy atom. The number of allylic oxidation sites excluding steroid dienone is 4. The zero-order valence-electron chi connectivity index (χ0n) is 8.59. The van der Waals surface area contributed by atoms with Crippen molar-refractivity contribution in [1.82, 2.24) is 0 Å². The van der Waals surface area contributed by atoms with Gasteiger partial charge in [-0.05, 0) is 18.4 Å². The van der Waals surface area contributed by atoms with E-state index in [0.29, 0.717) is 0 Å². The minimum atomic E-state index is -0.260. The van der Waals surface area contributed by atoms with Gasteiger partial charge in [-0.25, -0.2) is 0 Å². The lowest BCUT2D eigenvalue weighted by atomic mass is 9.71. The summed E-state index contributed by atoms with van der Waals surface area (Å²) in [5, 5.41) is -0.260. The zero-order valence-corrected chi connectivity index (χ0v) is 9.34. The minimum Gasteiger partial charge on any atom is -0.297 e. The van der Waals surface area contributed by atoms with Crippen LogP contribution in [-0.2, 0) is 4.79 Å². The molecule has 2 aliphatic rings. The molecule has 0 aromatic heterocycles. The molecule has 0 amide bonds. The third-order valence-corrected chi connectivity index (χ3v) is 3.90. The molecule has 0 aliphatic heterocycles. The van der Waals surface area contributed by atoms with Gasteiger partial charge in [0.2, 0.25) is 0 Å². The number of hydrogen-bond donors (Lipinski definition) is 0. The van der Waals surface area contributed by atoms with Crippen LogP contribution in [0.2, 0.25) is 0 Å². The van der Waals surface area contributed by atoms with Crippen LogP contribution in [0.25, 0.3) is 0 Å². The van der Waals surface area contributed by atoms with Crippen molar-refractivity contribution in [3.05, 3.63) is 23.3 Å². The summed E-state index contributed by atoms with van der Waals surface area (Å²) < 4.78 is 0. The summed E-state index contributed by atoms with van der Waals surface area (Å²) in [6, 6.07) is 0. The maximum absolute atomic E-state index is 11.6. The fourth-order valence-corrected chi connectivity index (χ4v) is 2.85. The lowest BCUT2D eigenvalue weighted by molar-refractivity contribution is -0.129. The van der Waals surface area contributed by atoms with Gasteiger partial charge in [0, 0.05) is 5.92 Å². The van der Waals surface area contributed by atoms with Crippen LogP contribution in [0.3, 0.4) is 0 Å². The SMILES string of the molecule is CCC(CC)=C1C=C[C@H]2[C@@H]1C(=O)[C@H]2Cl. The van der Waals surface area contributed by atoms with Crippen molar-refractivity contribution >= 4 is 17.4 Å². The van der Waals surface area contributed by atoms with E-state index < -0.39 is 0 Å². The van der Waals surface area contributed by atoms with E-state index in [2.05, 4.69) is 26.0 Å². The highest BCUT2D eigenvalue weighted by atomic mass is 35.5. The van der Waals surface area contributed by atoms with Crippen molar-refractivity contribution < 1.29 is 4.79 Å². The van der Waals surface area contributed by atoms with Crippen LogP contribution >= 0.6 is 11.6 Å². The van der Waals surface area contributed by atoms with Crippen molar-refractivity contribution in [3.8, 4) is 0 Å². The summed E-state index contributed by atoms with van der Waals surface area (Å²) in [6.07, 6.45) is 6.29. The summed E-state index contributed by atoms with van der Waals surface area (Å²) >= 11 is 5.93. The Balaban J connectivity index is 2.30. The largest absolute Gasteiger partial charge is 0.297 e. The molecule has 2 rings (SSSR count). The molecule has 0 N–H and O–H groups in total. The monoisotopic (exact) mass is 210 g/mol. The molecule has 0 radical (unpaired) electrons. The molecule has 0 aromatic carbocycles. The van der Waals surface area contributed by atoms with Crippen molar-refractivity contribution in [2.75, 3.05) is 0 Å². The molecule has 1 nitrogen and oxygen atoms in total. The second kappa shape index (κ2) is 3.54. The molecule has 0 saturated heterocycles. The standard InChI is InChI=1S/C12H15ClO/c1-3-7(4-2)8-5-6-9-10(8)12(14)11(9)13/h5-6,9-11H,3-4H2,1-2H3/t9-,10+,11-/m0/s1. The van der Waals surface area contributed by atoms with E-state index in [4.69, 9.17) is 11.6 Å². The maximum Gasteiger partial charge on any atom is 0.159 e. The van der Waals surface area contributed by atoms with Crippen LogP contribution in [0.1, 0.15) is 26.7 Å². The van der Waals surface area contributed by atoms with Crippen LogP contribution in [0, 0.1) is 11.8 Å². The number of alkyl halides is 1. The first-order chi connectivity index (χ1) is 6.70. The molecule has 0 spiro atoms. The molecular weight excluding hydrogens is 196 g/mol. The molecule has 2 heteroatoms. The minimum absolute atomic E-state index is 0.104. The zero-order chi connectivity index (χ0) is 10.3. The van der Waals surface area contributed by atoms with Crippen LogP contribution in [0.4, 0.5) is 0 Å². The number of ketones is 1. The lowest BCUT2D eigenvalue weighted by Gasteiger charge is -2.35. The fraction of sp³-hybridized carbons (Fsp3) is 0.583. The molecule has 2 aliphatic carbocycles. The summed E-state index contributed by atoms with van der Waals surface area (Å²) in [6.45, 7) is 4.29.